The first-order valence-electron chi connectivity index (χ1n) is 5.34. The molecule has 0 radical (unpaired) electrons. The first-order chi connectivity index (χ1) is 7.70. The summed E-state index contributed by atoms with van der Waals surface area (Å²) in [6.07, 6.45) is 2.47. The van der Waals surface area contributed by atoms with Crippen molar-refractivity contribution in [3.63, 3.8) is 0 Å². The number of H-pyrrole nitrogens is 1. The van der Waals surface area contributed by atoms with E-state index in [1.165, 1.54) is 0 Å². The van der Waals surface area contributed by atoms with Gasteiger partial charge in [-0.15, -0.1) is 0 Å². The van der Waals surface area contributed by atoms with Crippen LogP contribution in [0, 0.1) is 11.3 Å². The first-order valence-corrected chi connectivity index (χ1v) is 5.34. The molecule has 2 aromatic rings. The Balaban J connectivity index is 2.42. The van der Waals surface area contributed by atoms with Crippen molar-refractivity contribution in [1.29, 1.82) is 5.26 Å². The zero-order chi connectivity index (χ0) is 11.5. The molecular weight excluding hydrogens is 200 g/mol. The molecule has 3 heteroatoms. The molecule has 1 aromatic carbocycles. The van der Waals surface area contributed by atoms with Gasteiger partial charge in [-0.05, 0) is 37.6 Å². The van der Waals surface area contributed by atoms with Crippen LogP contribution in [0.1, 0.15) is 19.4 Å². The van der Waals surface area contributed by atoms with Crippen LogP contribution in [0.3, 0.4) is 0 Å². The third-order valence-corrected chi connectivity index (χ3v) is 2.38. The number of aromatic nitrogens is 1. The molecule has 0 bridgehead atoms. The Morgan fingerprint density at radius 1 is 1.44 bits per heavy atom. The van der Waals surface area contributed by atoms with Crippen molar-refractivity contribution in [2.45, 2.75) is 26.4 Å². The lowest BCUT2D eigenvalue weighted by Crippen LogP contribution is -2.05. The third kappa shape index (κ3) is 2.01. The highest BCUT2D eigenvalue weighted by molar-refractivity contribution is 5.84. The fourth-order valence-electron chi connectivity index (χ4n) is 1.73. The van der Waals surface area contributed by atoms with Crippen LogP contribution in [-0.4, -0.2) is 11.1 Å². The predicted molar refractivity (Wildman–Crippen MR) is 63.4 cm³/mol. The molecule has 0 spiro atoms. The Bertz CT molecular complexity index is 534. The van der Waals surface area contributed by atoms with Gasteiger partial charge in [0.1, 0.15) is 5.75 Å². The number of fused-ring (bicyclic) bond motifs is 1. The van der Waals surface area contributed by atoms with E-state index in [4.69, 9.17) is 10.00 Å². The lowest BCUT2D eigenvalue weighted by Gasteiger charge is -2.09. The number of aromatic amines is 1. The quantitative estimate of drug-likeness (QED) is 0.853. The lowest BCUT2D eigenvalue weighted by atomic mass is 10.1. The van der Waals surface area contributed by atoms with E-state index < -0.39 is 0 Å². The molecule has 0 saturated heterocycles. The van der Waals surface area contributed by atoms with Gasteiger partial charge in [0, 0.05) is 17.1 Å². The average molecular weight is 214 g/mol. The molecule has 0 unspecified atom stereocenters. The van der Waals surface area contributed by atoms with Crippen LogP contribution in [0.4, 0.5) is 0 Å². The SMILES string of the molecule is CC(C)Oc1ccc2[nH]cc(CC#N)c2c1. The van der Waals surface area contributed by atoms with E-state index >= 15 is 0 Å². The highest BCUT2D eigenvalue weighted by atomic mass is 16.5. The standard InChI is InChI=1S/C13H14N2O/c1-9(2)16-11-3-4-13-12(7-11)10(5-6-14)8-15-13/h3-4,7-9,15H,5H2,1-2H3. The Morgan fingerprint density at radius 2 is 2.25 bits per heavy atom. The summed E-state index contributed by atoms with van der Waals surface area (Å²) in [6, 6.07) is 8.07. The van der Waals surface area contributed by atoms with Crippen LogP contribution < -0.4 is 4.74 Å². The van der Waals surface area contributed by atoms with Gasteiger partial charge in [0.25, 0.3) is 0 Å². The summed E-state index contributed by atoms with van der Waals surface area (Å²) in [4.78, 5) is 3.15. The summed E-state index contributed by atoms with van der Waals surface area (Å²) >= 11 is 0. The monoisotopic (exact) mass is 214 g/mol. The average Bonchev–Trinajstić information content (AvgIpc) is 2.61. The second kappa shape index (κ2) is 4.28. The number of hydrogen-bond acceptors (Lipinski definition) is 2. The van der Waals surface area contributed by atoms with Crippen LogP contribution in [0.15, 0.2) is 24.4 Å². The minimum atomic E-state index is 0.163. The summed E-state index contributed by atoms with van der Waals surface area (Å²) in [6.45, 7) is 4.00. The number of benzene rings is 1. The second-order valence-electron chi connectivity index (χ2n) is 4.02. The predicted octanol–water partition coefficient (Wildman–Crippen LogP) is 3.02. The maximum absolute atomic E-state index is 8.72. The van der Waals surface area contributed by atoms with Crippen molar-refractivity contribution in [2.75, 3.05) is 0 Å². The number of nitrogens with one attached hydrogen (secondary N) is 1. The zero-order valence-electron chi connectivity index (χ0n) is 9.45. The van der Waals surface area contributed by atoms with Crippen LogP contribution in [0.2, 0.25) is 0 Å². The van der Waals surface area contributed by atoms with Crippen LogP contribution in [0.25, 0.3) is 10.9 Å². The van der Waals surface area contributed by atoms with E-state index in [1.54, 1.807) is 0 Å². The Hall–Kier alpha value is -1.95. The molecule has 0 aliphatic heterocycles. The van der Waals surface area contributed by atoms with Crippen LogP contribution in [-0.2, 0) is 6.42 Å². The number of rotatable bonds is 3. The minimum absolute atomic E-state index is 0.163. The van der Waals surface area contributed by atoms with Gasteiger partial charge in [0.2, 0.25) is 0 Å². The summed E-state index contributed by atoms with van der Waals surface area (Å²) in [5.74, 6) is 0.848. The summed E-state index contributed by atoms with van der Waals surface area (Å²) < 4.78 is 5.63. The molecule has 0 aliphatic carbocycles. The fourth-order valence-corrected chi connectivity index (χ4v) is 1.73. The van der Waals surface area contributed by atoms with E-state index in [9.17, 15) is 0 Å². The number of nitrogens with zero attached hydrogens (tertiary/aromatic N) is 1. The maximum atomic E-state index is 8.72. The molecule has 1 aromatic heterocycles. The molecule has 3 nitrogen and oxygen atoms in total. The van der Waals surface area contributed by atoms with Crippen molar-refractivity contribution in [3.8, 4) is 11.8 Å². The Morgan fingerprint density at radius 3 is 2.94 bits per heavy atom. The molecule has 1 heterocycles. The fraction of sp³-hybridized carbons (Fsp3) is 0.308. The maximum Gasteiger partial charge on any atom is 0.120 e. The van der Waals surface area contributed by atoms with Gasteiger partial charge in [0.05, 0.1) is 18.6 Å². The molecule has 0 saturated carbocycles. The molecule has 0 fully saturated rings. The van der Waals surface area contributed by atoms with E-state index in [-0.39, 0.29) is 6.10 Å². The lowest BCUT2D eigenvalue weighted by molar-refractivity contribution is 0.243. The highest BCUT2D eigenvalue weighted by Gasteiger charge is 2.05. The van der Waals surface area contributed by atoms with Crippen LogP contribution >= 0.6 is 0 Å². The van der Waals surface area contributed by atoms with Gasteiger partial charge in [-0.3, -0.25) is 0 Å². The number of hydrogen-bond donors (Lipinski definition) is 1. The van der Waals surface area contributed by atoms with Crippen molar-refractivity contribution in [3.05, 3.63) is 30.0 Å². The normalized spacial score (nSPS) is 10.6. The zero-order valence-corrected chi connectivity index (χ0v) is 9.45. The molecule has 2 rings (SSSR count). The van der Waals surface area contributed by atoms with Crippen molar-refractivity contribution < 1.29 is 4.74 Å². The Kier molecular flexibility index (Phi) is 2.82. The van der Waals surface area contributed by atoms with Gasteiger partial charge in [-0.1, -0.05) is 0 Å². The van der Waals surface area contributed by atoms with E-state index in [1.807, 2.05) is 38.2 Å². The van der Waals surface area contributed by atoms with E-state index in [0.717, 1.165) is 22.2 Å². The summed E-state index contributed by atoms with van der Waals surface area (Å²) in [7, 11) is 0. The van der Waals surface area contributed by atoms with E-state index in [0.29, 0.717) is 6.42 Å². The number of ether oxygens (including phenoxy) is 1. The summed E-state index contributed by atoms with van der Waals surface area (Å²) in [5.41, 5.74) is 2.06. The van der Waals surface area contributed by atoms with Gasteiger partial charge in [-0.25, -0.2) is 0 Å². The summed E-state index contributed by atoms with van der Waals surface area (Å²) in [5, 5.41) is 9.79. The molecule has 16 heavy (non-hydrogen) atoms. The topological polar surface area (TPSA) is 48.8 Å². The highest BCUT2D eigenvalue weighted by Crippen LogP contribution is 2.24. The molecule has 0 atom stereocenters. The molecule has 0 amide bonds. The van der Waals surface area contributed by atoms with E-state index in [2.05, 4.69) is 11.1 Å². The number of nitriles is 1. The van der Waals surface area contributed by atoms with Gasteiger partial charge in [0.15, 0.2) is 0 Å². The second-order valence-corrected chi connectivity index (χ2v) is 4.02. The third-order valence-electron chi connectivity index (χ3n) is 2.38. The Labute approximate surface area is 94.7 Å². The molecule has 0 aliphatic rings. The van der Waals surface area contributed by atoms with Gasteiger partial charge >= 0.3 is 0 Å². The minimum Gasteiger partial charge on any atom is -0.491 e. The molecular formula is C13H14N2O. The first kappa shape index (κ1) is 10.6. The van der Waals surface area contributed by atoms with Crippen LogP contribution in [0.5, 0.6) is 5.75 Å². The largest absolute Gasteiger partial charge is 0.491 e. The van der Waals surface area contributed by atoms with Gasteiger partial charge < -0.3 is 9.72 Å². The van der Waals surface area contributed by atoms with Crippen molar-refractivity contribution in [1.82, 2.24) is 4.98 Å². The molecule has 1 N–H and O–H groups in total. The van der Waals surface area contributed by atoms with Gasteiger partial charge in [-0.2, -0.15) is 5.26 Å². The van der Waals surface area contributed by atoms with Crippen molar-refractivity contribution in [2.24, 2.45) is 0 Å². The van der Waals surface area contributed by atoms with Crippen molar-refractivity contribution >= 4 is 10.9 Å². The molecule has 82 valence electrons. The smallest absolute Gasteiger partial charge is 0.120 e.